The molecule has 0 radical (unpaired) electrons. The van der Waals surface area contributed by atoms with Gasteiger partial charge in [-0.1, -0.05) is 28.6 Å². The Labute approximate surface area is 86.5 Å². The lowest BCUT2D eigenvalue weighted by Gasteiger charge is -2.06. The summed E-state index contributed by atoms with van der Waals surface area (Å²) in [5.74, 6) is 0.823. The Bertz CT molecular complexity index is 299. The van der Waals surface area contributed by atoms with Gasteiger partial charge in [0.1, 0.15) is 12.4 Å². The number of hydrogen-bond donors (Lipinski definition) is 1. The molecule has 3 heteroatoms. The van der Waals surface area contributed by atoms with E-state index in [2.05, 4.69) is 22.5 Å². The van der Waals surface area contributed by atoms with Gasteiger partial charge in [-0.3, -0.25) is 0 Å². The molecule has 0 aliphatic rings. The van der Waals surface area contributed by atoms with Crippen LogP contribution < -0.4 is 10.5 Å². The second-order valence-corrected chi connectivity index (χ2v) is 3.62. The van der Waals surface area contributed by atoms with Gasteiger partial charge in [-0.2, -0.15) is 0 Å². The smallest absolute Gasteiger partial charge is 0.120 e. The Hall–Kier alpha value is -0.800. The largest absolute Gasteiger partial charge is 0.489 e. The molecule has 2 nitrogen and oxygen atoms in total. The number of benzene rings is 1. The van der Waals surface area contributed by atoms with Crippen molar-refractivity contribution in [3.8, 4) is 5.75 Å². The standard InChI is InChI=1S/C10H12BrNO/c1-8(6-12)7-13-10-4-2-3-9(11)5-10/h2-5H,1,6-7,12H2. The van der Waals surface area contributed by atoms with Gasteiger partial charge >= 0.3 is 0 Å². The van der Waals surface area contributed by atoms with E-state index in [9.17, 15) is 0 Å². The minimum Gasteiger partial charge on any atom is -0.489 e. The molecule has 0 fully saturated rings. The van der Waals surface area contributed by atoms with Crippen molar-refractivity contribution < 1.29 is 4.74 Å². The van der Waals surface area contributed by atoms with Crippen LogP contribution in [0.3, 0.4) is 0 Å². The first-order valence-electron chi connectivity index (χ1n) is 3.97. The molecule has 0 aliphatic carbocycles. The predicted molar refractivity (Wildman–Crippen MR) is 57.8 cm³/mol. The minimum atomic E-state index is 0.466. The first-order chi connectivity index (χ1) is 6.22. The molecule has 0 aliphatic heterocycles. The van der Waals surface area contributed by atoms with E-state index < -0.39 is 0 Å². The van der Waals surface area contributed by atoms with Crippen molar-refractivity contribution >= 4 is 15.9 Å². The predicted octanol–water partition coefficient (Wildman–Crippen LogP) is 2.34. The van der Waals surface area contributed by atoms with Crippen LogP contribution in [0.25, 0.3) is 0 Å². The lowest BCUT2D eigenvalue weighted by atomic mass is 10.3. The number of ether oxygens (including phenoxy) is 1. The van der Waals surface area contributed by atoms with Crippen LogP contribution in [-0.2, 0) is 0 Å². The van der Waals surface area contributed by atoms with Crippen LogP contribution in [0.2, 0.25) is 0 Å². The zero-order valence-electron chi connectivity index (χ0n) is 7.29. The molecule has 2 N–H and O–H groups in total. The van der Waals surface area contributed by atoms with Crippen molar-refractivity contribution in [2.45, 2.75) is 0 Å². The number of halogens is 1. The van der Waals surface area contributed by atoms with E-state index in [-0.39, 0.29) is 0 Å². The Kier molecular flexibility index (Phi) is 3.99. The molecule has 0 saturated carbocycles. The van der Waals surface area contributed by atoms with E-state index in [1.807, 2.05) is 24.3 Å². The minimum absolute atomic E-state index is 0.466. The maximum absolute atomic E-state index is 5.43. The van der Waals surface area contributed by atoms with Crippen molar-refractivity contribution in [3.63, 3.8) is 0 Å². The normalized spacial score (nSPS) is 9.69. The second kappa shape index (κ2) is 5.04. The summed E-state index contributed by atoms with van der Waals surface area (Å²) in [4.78, 5) is 0. The van der Waals surface area contributed by atoms with Crippen LogP contribution in [0, 0.1) is 0 Å². The van der Waals surface area contributed by atoms with E-state index in [4.69, 9.17) is 10.5 Å². The molecule has 0 saturated heterocycles. The number of hydrogen-bond acceptors (Lipinski definition) is 2. The molecule has 1 aromatic carbocycles. The van der Waals surface area contributed by atoms with Gasteiger partial charge in [-0.25, -0.2) is 0 Å². The fourth-order valence-corrected chi connectivity index (χ4v) is 1.18. The zero-order chi connectivity index (χ0) is 9.68. The highest BCUT2D eigenvalue weighted by atomic mass is 79.9. The Balaban J connectivity index is 2.50. The summed E-state index contributed by atoms with van der Waals surface area (Å²) in [5.41, 5.74) is 6.27. The third kappa shape index (κ3) is 3.61. The summed E-state index contributed by atoms with van der Waals surface area (Å²) in [6.45, 7) is 4.69. The SMILES string of the molecule is C=C(CN)COc1cccc(Br)c1. The third-order valence-corrected chi connectivity index (χ3v) is 2.02. The van der Waals surface area contributed by atoms with Gasteiger partial charge in [0.2, 0.25) is 0 Å². The van der Waals surface area contributed by atoms with Crippen LogP contribution in [0.1, 0.15) is 0 Å². The average Bonchev–Trinajstić information content (AvgIpc) is 2.14. The fourth-order valence-electron chi connectivity index (χ4n) is 0.801. The monoisotopic (exact) mass is 241 g/mol. The quantitative estimate of drug-likeness (QED) is 0.822. The second-order valence-electron chi connectivity index (χ2n) is 2.70. The molecule has 0 aromatic heterocycles. The maximum atomic E-state index is 5.43. The summed E-state index contributed by atoms with van der Waals surface area (Å²) in [6.07, 6.45) is 0. The molecule has 0 bridgehead atoms. The Morgan fingerprint density at radius 1 is 1.54 bits per heavy atom. The van der Waals surface area contributed by atoms with Crippen molar-refractivity contribution in [2.75, 3.05) is 13.2 Å². The molecule has 0 heterocycles. The van der Waals surface area contributed by atoms with E-state index >= 15 is 0 Å². The third-order valence-electron chi connectivity index (χ3n) is 1.53. The average molecular weight is 242 g/mol. The summed E-state index contributed by atoms with van der Waals surface area (Å²) in [7, 11) is 0. The summed E-state index contributed by atoms with van der Waals surface area (Å²) in [5, 5.41) is 0. The number of rotatable bonds is 4. The van der Waals surface area contributed by atoms with Crippen molar-refractivity contribution in [2.24, 2.45) is 5.73 Å². The molecule has 0 amide bonds. The Morgan fingerprint density at radius 3 is 2.92 bits per heavy atom. The lowest BCUT2D eigenvalue weighted by Crippen LogP contribution is -2.09. The van der Waals surface area contributed by atoms with Gasteiger partial charge in [0.15, 0.2) is 0 Å². The molecule has 1 aromatic rings. The lowest BCUT2D eigenvalue weighted by molar-refractivity contribution is 0.350. The molecule has 0 atom stereocenters. The summed E-state index contributed by atoms with van der Waals surface area (Å²) < 4.78 is 6.43. The zero-order valence-corrected chi connectivity index (χ0v) is 8.88. The van der Waals surface area contributed by atoms with Crippen LogP contribution in [-0.4, -0.2) is 13.2 Å². The van der Waals surface area contributed by atoms with E-state index in [1.54, 1.807) is 0 Å². The van der Waals surface area contributed by atoms with E-state index in [0.29, 0.717) is 13.2 Å². The first-order valence-corrected chi connectivity index (χ1v) is 4.77. The van der Waals surface area contributed by atoms with Crippen LogP contribution in [0.4, 0.5) is 0 Å². The van der Waals surface area contributed by atoms with E-state index in [0.717, 1.165) is 15.8 Å². The van der Waals surface area contributed by atoms with Gasteiger partial charge in [-0.05, 0) is 23.8 Å². The molecule has 0 unspecified atom stereocenters. The molecule has 13 heavy (non-hydrogen) atoms. The van der Waals surface area contributed by atoms with Crippen molar-refractivity contribution in [1.82, 2.24) is 0 Å². The highest BCUT2D eigenvalue weighted by Crippen LogP contribution is 2.17. The molecular weight excluding hydrogens is 230 g/mol. The number of nitrogens with two attached hydrogens (primary N) is 1. The Morgan fingerprint density at radius 2 is 2.31 bits per heavy atom. The molecule has 70 valence electrons. The molecule has 0 spiro atoms. The fraction of sp³-hybridized carbons (Fsp3) is 0.200. The topological polar surface area (TPSA) is 35.2 Å². The summed E-state index contributed by atoms with van der Waals surface area (Å²) in [6, 6.07) is 7.67. The highest BCUT2D eigenvalue weighted by Gasteiger charge is 1.95. The molecular formula is C10H12BrNO. The van der Waals surface area contributed by atoms with E-state index in [1.165, 1.54) is 0 Å². The van der Waals surface area contributed by atoms with Crippen LogP contribution >= 0.6 is 15.9 Å². The van der Waals surface area contributed by atoms with Gasteiger partial charge in [0, 0.05) is 11.0 Å². The van der Waals surface area contributed by atoms with Gasteiger partial charge in [0.25, 0.3) is 0 Å². The van der Waals surface area contributed by atoms with Crippen LogP contribution in [0.15, 0.2) is 40.9 Å². The first kappa shape index (κ1) is 10.3. The maximum Gasteiger partial charge on any atom is 0.120 e. The van der Waals surface area contributed by atoms with Crippen molar-refractivity contribution in [1.29, 1.82) is 0 Å². The molecule has 1 rings (SSSR count). The van der Waals surface area contributed by atoms with Gasteiger partial charge < -0.3 is 10.5 Å². The van der Waals surface area contributed by atoms with Crippen LogP contribution in [0.5, 0.6) is 5.75 Å². The summed E-state index contributed by atoms with van der Waals surface area (Å²) >= 11 is 3.36. The van der Waals surface area contributed by atoms with Gasteiger partial charge in [-0.15, -0.1) is 0 Å². The highest BCUT2D eigenvalue weighted by molar-refractivity contribution is 9.10. The van der Waals surface area contributed by atoms with Crippen molar-refractivity contribution in [3.05, 3.63) is 40.9 Å². The van der Waals surface area contributed by atoms with Gasteiger partial charge in [0.05, 0.1) is 0 Å².